The summed E-state index contributed by atoms with van der Waals surface area (Å²) in [4.78, 5) is 9.48. The molecule has 0 radical (unpaired) electrons. The Labute approximate surface area is 176 Å². The summed E-state index contributed by atoms with van der Waals surface area (Å²) < 4.78 is 2.47. The minimum atomic E-state index is 0.497. The lowest BCUT2D eigenvalue weighted by Crippen LogP contribution is -2.39. The van der Waals surface area contributed by atoms with E-state index in [0.717, 1.165) is 63.8 Å². The van der Waals surface area contributed by atoms with Crippen LogP contribution >= 0.6 is 15.9 Å². The van der Waals surface area contributed by atoms with E-state index >= 15 is 0 Å². The van der Waals surface area contributed by atoms with Crippen molar-refractivity contribution in [1.29, 1.82) is 0 Å². The zero-order chi connectivity index (χ0) is 19.8. The molecule has 0 aliphatic carbocycles. The van der Waals surface area contributed by atoms with E-state index in [9.17, 15) is 0 Å². The van der Waals surface area contributed by atoms with Crippen LogP contribution in [-0.4, -0.2) is 38.7 Å². The number of rotatable bonds is 4. The highest BCUT2D eigenvalue weighted by Gasteiger charge is 2.18. The minimum Gasteiger partial charge on any atom is -0.383 e. The van der Waals surface area contributed by atoms with Gasteiger partial charge in [-0.2, -0.15) is 9.61 Å². The van der Waals surface area contributed by atoms with Gasteiger partial charge in [0, 0.05) is 35.3 Å². The van der Waals surface area contributed by atoms with Crippen molar-refractivity contribution < 1.29 is 0 Å². The van der Waals surface area contributed by atoms with E-state index in [1.807, 2.05) is 24.4 Å². The molecule has 0 spiro atoms. The van der Waals surface area contributed by atoms with Crippen LogP contribution in [0.4, 0.5) is 5.82 Å². The third-order valence-electron chi connectivity index (χ3n) is 5.49. The molecule has 4 aromatic rings. The molecule has 0 bridgehead atoms. The second-order valence-corrected chi connectivity index (χ2v) is 8.17. The number of fused-ring (bicyclic) bond motifs is 2. The fraction of sp³-hybridized carbons (Fsp3) is 0.286. The maximum absolute atomic E-state index is 6.37. The summed E-state index contributed by atoms with van der Waals surface area (Å²) >= 11 is 3.61. The SMILES string of the molecule is Nc1c(Br)c(CNC2CCNCC2)nc2c(-c3cnc4ccccc4c3)cnn12. The quantitative estimate of drug-likeness (QED) is 0.441. The lowest BCUT2D eigenvalue weighted by molar-refractivity contribution is 0.384. The van der Waals surface area contributed by atoms with Crippen LogP contribution in [0.1, 0.15) is 18.5 Å². The van der Waals surface area contributed by atoms with Crippen molar-refractivity contribution in [2.45, 2.75) is 25.4 Å². The summed E-state index contributed by atoms with van der Waals surface area (Å²) in [6, 6.07) is 10.7. The average molecular weight is 452 g/mol. The molecule has 1 aromatic carbocycles. The van der Waals surface area contributed by atoms with Gasteiger partial charge in [-0.3, -0.25) is 4.98 Å². The predicted molar refractivity (Wildman–Crippen MR) is 119 cm³/mol. The van der Waals surface area contributed by atoms with Crippen molar-refractivity contribution in [2.75, 3.05) is 18.8 Å². The average Bonchev–Trinajstić information content (AvgIpc) is 3.19. The number of benzene rings is 1. The van der Waals surface area contributed by atoms with Crippen molar-refractivity contribution in [2.24, 2.45) is 0 Å². The first-order valence-corrected chi connectivity index (χ1v) is 10.6. The van der Waals surface area contributed by atoms with Gasteiger partial charge in [0.25, 0.3) is 0 Å². The molecular weight excluding hydrogens is 430 g/mol. The first kappa shape index (κ1) is 18.5. The Hall–Kier alpha value is -2.55. The van der Waals surface area contributed by atoms with E-state index in [1.165, 1.54) is 0 Å². The van der Waals surface area contributed by atoms with Gasteiger partial charge in [0.2, 0.25) is 0 Å². The van der Waals surface area contributed by atoms with Gasteiger partial charge in [0.15, 0.2) is 5.65 Å². The number of piperidine rings is 1. The van der Waals surface area contributed by atoms with Gasteiger partial charge in [-0.15, -0.1) is 0 Å². The monoisotopic (exact) mass is 451 g/mol. The number of hydrogen-bond acceptors (Lipinski definition) is 6. The van der Waals surface area contributed by atoms with Gasteiger partial charge in [-0.1, -0.05) is 18.2 Å². The molecule has 1 aliphatic heterocycles. The molecule has 4 N–H and O–H groups in total. The van der Waals surface area contributed by atoms with Crippen LogP contribution in [-0.2, 0) is 6.54 Å². The maximum atomic E-state index is 6.37. The van der Waals surface area contributed by atoms with E-state index in [-0.39, 0.29) is 0 Å². The van der Waals surface area contributed by atoms with Gasteiger partial charge in [0.05, 0.1) is 21.9 Å². The topological polar surface area (TPSA) is 93.2 Å². The van der Waals surface area contributed by atoms with E-state index < -0.39 is 0 Å². The number of nitrogens with two attached hydrogens (primary N) is 1. The van der Waals surface area contributed by atoms with Crippen LogP contribution in [0, 0.1) is 0 Å². The molecule has 1 saturated heterocycles. The standard InChI is InChI=1S/C21H22BrN7/c22-19-18(12-25-15-5-7-24-8-6-15)28-21-16(11-27-29(21)20(19)23)14-9-13-3-1-2-4-17(13)26-10-14/h1-4,9-11,15,24-25H,5-8,12,23H2. The highest BCUT2D eigenvalue weighted by molar-refractivity contribution is 9.10. The molecule has 0 saturated carbocycles. The summed E-state index contributed by atoms with van der Waals surface area (Å²) in [5, 5.41) is 12.6. The number of hydrogen-bond donors (Lipinski definition) is 3. The molecule has 0 atom stereocenters. The van der Waals surface area contributed by atoms with Gasteiger partial charge >= 0.3 is 0 Å². The largest absolute Gasteiger partial charge is 0.383 e. The molecule has 8 heteroatoms. The highest BCUT2D eigenvalue weighted by atomic mass is 79.9. The third-order valence-corrected chi connectivity index (χ3v) is 6.35. The fourth-order valence-corrected chi connectivity index (χ4v) is 4.25. The summed E-state index contributed by atoms with van der Waals surface area (Å²) in [6.45, 7) is 2.76. The van der Waals surface area contributed by atoms with Crippen molar-refractivity contribution >= 4 is 38.3 Å². The number of aromatic nitrogens is 4. The van der Waals surface area contributed by atoms with Crippen LogP contribution in [0.25, 0.3) is 27.7 Å². The Morgan fingerprint density at radius 3 is 2.90 bits per heavy atom. The van der Waals surface area contributed by atoms with Crippen LogP contribution in [0.15, 0.2) is 47.2 Å². The number of nitrogens with one attached hydrogen (secondary N) is 2. The Bertz CT molecular complexity index is 1180. The zero-order valence-corrected chi connectivity index (χ0v) is 17.5. The van der Waals surface area contributed by atoms with Crippen LogP contribution < -0.4 is 16.4 Å². The number of para-hydroxylation sites is 1. The summed E-state index contributed by atoms with van der Waals surface area (Å²) in [5.74, 6) is 0.553. The molecule has 0 amide bonds. The molecular formula is C21H22BrN7. The first-order chi connectivity index (χ1) is 14.2. The first-order valence-electron chi connectivity index (χ1n) is 9.81. The molecule has 29 heavy (non-hydrogen) atoms. The van der Waals surface area contributed by atoms with E-state index in [4.69, 9.17) is 10.7 Å². The second kappa shape index (κ2) is 7.70. The molecule has 7 nitrogen and oxygen atoms in total. The maximum Gasteiger partial charge on any atom is 0.165 e. The fourth-order valence-electron chi connectivity index (χ4n) is 3.85. The molecule has 3 aromatic heterocycles. The number of nitrogens with zero attached hydrogens (tertiary/aromatic N) is 4. The Morgan fingerprint density at radius 1 is 1.21 bits per heavy atom. The van der Waals surface area contributed by atoms with Crippen LogP contribution in [0.3, 0.4) is 0 Å². The van der Waals surface area contributed by atoms with Gasteiger partial charge in [-0.05, 0) is 54.0 Å². The normalized spacial score (nSPS) is 15.3. The van der Waals surface area contributed by atoms with Crippen molar-refractivity contribution in [3.05, 3.63) is 52.9 Å². The summed E-state index contributed by atoms with van der Waals surface area (Å²) in [6.07, 6.45) is 5.92. The highest BCUT2D eigenvalue weighted by Crippen LogP contribution is 2.30. The van der Waals surface area contributed by atoms with Crippen LogP contribution in [0.5, 0.6) is 0 Å². The van der Waals surface area contributed by atoms with E-state index in [1.54, 1.807) is 10.7 Å². The lowest BCUT2D eigenvalue weighted by atomic mass is 10.1. The van der Waals surface area contributed by atoms with Gasteiger partial charge < -0.3 is 16.4 Å². The lowest BCUT2D eigenvalue weighted by Gasteiger charge is -2.24. The molecule has 0 unspecified atom stereocenters. The van der Waals surface area contributed by atoms with Gasteiger partial charge in [-0.25, -0.2) is 4.98 Å². The third kappa shape index (κ3) is 3.48. The van der Waals surface area contributed by atoms with E-state index in [0.29, 0.717) is 18.4 Å². The molecule has 5 rings (SSSR count). The minimum absolute atomic E-state index is 0.497. The predicted octanol–water partition coefficient (Wildman–Crippen LogP) is 3.13. The molecule has 148 valence electrons. The van der Waals surface area contributed by atoms with Crippen molar-refractivity contribution in [1.82, 2.24) is 30.2 Å². The van der Waals surface area contributed by atoms with Crippen molar-refractivity contribution in [3.8, 4) is 11.1 Å². The number of nitrogen functional groups attached to an aromatic ring is 1. The second-order valence-electron chi connectivity index (χ2n) is 7.37. The number of pyridine rings is 1. The molecule has 1 fully saturated rings. The number of anilines is 1. The van der Waals surface area contributed by atoms with Gasteiger partial charge in [0.1, 0.15) is 5.82 Å². The summed E-state index contributed by atoms with van der Waals surface area (Å²) in [7, 11) is 0. The Morgan fingerprint density at radius 2 is 2.03 bits per heavy atom. The van der Waals surface area contributed by atoms with Crippen molar-refractivity contribution in [3.63, 3.8) is 0 Å². The molecule has 4 heterocycles. The zero-order valence-electron chi connectivity index (χ0n) is 15.9. The summed E-state index contributed by atoms with van der Waals surface area (Å²) in [5.41, 5.74) is 10.9. The Balaban J connectivity index is 1.53. The Kier molecular flexibility index (Phi) is 4.91. The smallest absolute Gasteiger partial charge is 0.165 e. The van der Waals surface area contributed by atoms with E-state index in [2.05, 4.69) is 48.8 Å². The number of halogens is 1. The van der Waals surface area contributed by atoms with Crippen LogP contribution in [0.2, 0.25) is 0 Å². The molecule has 1 aliphatic rings.